The molecule has 9 heteroatoms. The number of hydrazine groups is 1. The fourth-order valence-corrected chi connectivity index (χ4v) is 3.66. The van der Waals surface area contributed by atoms with E-state index in [9.17, 15) is 14.4 Å². The van der Waals surface area contributed by atoms with Crippen molar-refractivity contribution in [3.8, 4) is 17.2 Å². The molecule has 3 amide bonds. The van der Waals surface area contributed by atoms with Gasteiger partial charge in [0.05, 0.1) is 25.7 Å². The number of hydrogen-bond acceptors (Lipinski definition) is 6. The Morgan fingerprint density at radius 3 is 2.06 bits per heavy atom. The molecule has 0 bridgehead atoms. The number of carbonyl (C=O) groups excluding carboxylic acids is 3. The summed E-state index contributed by atoms with van der Waals surface area (Å²) in [6.45, 7) is 13.3. The van der Waals surface area contributed by atoms with Crippen molar-refractivity contribution in [2.24, 2.45) is 11.3 Å². The fourth-order valence-electron chi connectivity index (χ4n) is 3.66. The van der Waals surface area contributed by atoms with Gasteiger partial charge in [0.1, 0.15) is 0 Å². The summed E-state index contributed by atoms with van der Waals surface area (Å²) < 4.78 is 16.9. The Labute approximate surface area is 196 Å². The van der Waals surface area contributed by atoms with E-state index in [4.69, 9.17) is 14.2 Å². The summed E-state index contributed by atoms with van der Waals surface area (Å²) in [5.41, 5.74) is 4.73. The first kappa shape index (κ1) is 26.3. The molecule has 0 radical (unpaired) electrons. The van der Waals surface area contributed by atoms with Crippen molar-refractivity contribution in [1.29, 1.82) is 0 Å². The summed E-state index contributed by atoms with van der Waals surface area (Å²) in [5, 5.41) is 0. The molecule has 1 fully saturated rings. The normalized spacial score (nSPS) is 16.1. The number of amides is 3. The van der Waals surface area contributed by atoms with E-state index < -0.39 is 11.3 Å². The average Bonchev–Trinajstić information content (AvgIpc) is 2.78. The number of nitrogens with one attached hydrogen (secondary N) is 2. The van der Waals surface area contributed by atoms with Crippen molar-refractivity contribution in [3.63, 3.8) is 0 Å². The molecule has 1 heterocycles. The van der Waals surface area contributed by atoms with Gasteiger partial charge >= 0.3 is 0 Å². The topological polar surface area (TPSA) is 106 Å². The first-order valence-electron chi connectivity index (χ1n) is 11.6. The molecule has 2 N–H and O–H groups in total. The van der Waals surface area contributed by atoms with Crippen molar-refractivity contribution in [2.45, 2.75) is 54.4 Å². The minimum absolute atomic E-state index is 0.0188. The lowest BCUT2D eigenvalue weighted by Crippen LogP contribution is -2.51. The van der Waals surface area contributed by atoms with Gasteiger partial charge in [0.2, 0.25) is 17.6 Å². The molecule has 2 rings (SSSR count). The number of piperidine rings is 1. The first-order chi connectivity index (χ1) is 15.6. The zero-order valence-corrected chi connectivity index (χ0v) is 20.6. The number of hydrogen-bond donors (Lipinski definition) is 2. The summed E-state index contributed by atoms with van der Waals surface area (Å²) in [6.07, 6.45) is 1.39. The van der Waals surface area contributed by atoms with Gasteiger partial charge in [-0.05, 0) is 45.7 Å². The van der Waals surface area contributed by atoms with Gasteiger partial charge in [-0.2, -0.15) is 0 Å². The molecule has 1 atom stereocenters. The van der Waals surface area contributed by atoms with Gasteiger partial charge in [0, 0.05) is 24.1 Å². The lowest BCUT2D eigenvalue weighted by Gasteiger charge is -2.35. The summed E-state index contributed by atoms with van der Waals surface area (Å²) >= 11 is 0. The summed E-state index contributed by atoms with van der Waals surface area (Å²) in [7, 11) is 0. The van der Waals surface area contributed by atoms with Crippen molar-refractivity contribution >= 4 is 17.7 Å². The maximum absolute atomic E-state index is 12.8. The molecule has 1 unspecified atom stereocenters. The Balaban J connectivity index is 2.08. The third-order valence-electron chi connectivity index (χ3n) is 5.19. The maximum atomic E-state index is 12.8. The Bertz CT molecular complexity index is 822. The van der Waals surface area contributed by atoms with E-state index in [1.165, 1.54) is 0 Å². The number of carbonyl (C=O) groups is 3. The lowest BCUT2D eigenvalue weighted by atomic mass is 9.91. The number of benzene rings is 1. The minimum Gasteiger partial charge on any atom is -0.490 e. The number of likely N-dealkylation sites (tertiary alicyclic amines) is 1. The van der Waals surface area contributed by atoms with Crippen LogP contribution in [-0.2, 0) is 9.59 Å². The molecule has 184 valence electrons. The highest BCUT2D eigenvalue weighted by atomic mass is 16.5. The van der Waals surface area contributed by atoms with Crippen molar-refractivity contribution in [3.05, 3.63) is 17.7 Å². The average molecular weight is 464 g/mol. The van der Waals surface area contributed by atoms with E-state index in [-0.39, 0.29) is 23.3 Å². The molecule has 0 spiro atoms. The highest BCUT2D eigenvalue weighted by molar-refractivity contribution is 5.97. The van der Waals surface area contributed by atoms with Crippen LogP contribution < -0.4 is 25.1 Å². The second kappa shape index (κ2) is 11.8. The standard InChI is InChI=1S/C24H37N3O6/c1-7-31-18-13-17(14-19(32-8-2)20(18)33-9-3)22(29)26-25-21(28)16-11-10-12-27(15-16)23(30)24(4,5)6/h13-14,16H,7-12,15H2,1-6H3,(H,25,28)(H,26,29). The predicted octanol–water partition coefficient (Wildman–Crippen LogP) is 2.93. The Morgan fingerprint density at radius 2 is 1.55 bits per heavy atom. The van der Waals surface area contributed by atoms with Crippen molar-refractivity contribution in [1.82, 2.24) is 15.8 Å². The van der Waals surface area contributed by atoms with E-state index in [0.717, 1.165) is 6.42 Å². The number of nitrogens with zero attached hydrogens (tertiary/aromatic N) is 1. The van der Waals surface area contributed by atoms with Crippen LogP contribution in [0.4, 0.5) is 0 Å². The molecule has 1 aliphatic heterocycles. The van der Waals surface area contributed by atoms with Crippen LogP contribution in [0.1, 0.15) is 64.7 Å². The van der Waals surface area contributed by atoms with Crippen molar-refractivity contribution < 1.29 is 28.6 Å². The molecule has 0 saturated carbocycles. The second-order valence-electron chi connectivity index (χ2n) is 8.88. The summed E-state index contributed by atoms with van der Waals surface area (Å²) in [4.78, 5) is 39.8. The number of ether oxygens (including phenoxy) is 3. The smallest absolute Gasteiger partial charge is 0.269 e. The summed E-state index contributed by atoms with van der Waals surface area (Å²) in [6, 6.07) is 3.12. The van der Waals surface area contributed by atoms with Crippen LogP contribution >= 0.6 is 0 Å². The van der Waals surface area contributed by atoms with Crippen LogP contribution in [-0.4, -0.2) is 55.5 Å². The van der Waals surface area contributed by atoms with Crippen LogP contribution in [0.3, 0.4) is 0 Å². The molecule has 9 nitrogen and oxygen atoms in total. The molecule has 1 saturated heterocycles. The van der Waals surface area contributed by atoms with Crippen LogP contribution in [0, 0.1) is 11.3 Å². The third-order valence-corrected chi connectivity index (χ3v) is 5.19. The number of rotatable bonds is 8. The van der Waals surface area contributed by atoms with Gasteiger partial charge in [-0.15, -0.1) is 0 Å². The molecule has 0 aromatic heterocycles. The quantitative estimate of drug-likeness (QED) is 0.574. The lowest BCUT2D eigenvalue weighted by molar-refractivity contribution is -0.143. The third kappa shape index (κ3) is 7.00. The predicted molar refractivity (Wildman–Crippen MR) is 124 cm³/mol. The highest BCUT2D eigenvalue weighted by Crippen LogP contribution is 2.39. The van der Waals surface area contributed by atoms with E-state index in [1.54, 1.807) is 17.0 Å². The molecule has 33 heavy (non-hydrogen) atoms. The largest absolute Gasteiger partial charge is 0.490 e. The Hall–Kier alpha value is -2.97. The van der Waals surface area contributed by atoms with Gasteiger partial charge in [-0.3, -0.25) is 25.2 Å². The van der Waals surface area contributed by atoms with E-state index in [2.05, 4.69) is 10.9 Å². The highest BCUT2D eigenvalue weighted by Gasteiger charge is 2.33. The van der Waals surface area contributed by atoms with Gasteiger partial charge in [0.25, 0.3) is 5.91 Å². The molecule has 1 aliphatic rings. The van der Waals surface area contributed by atoms with E-state index >= 15 is 0 Å². The zero-order valence-electron chi connectivity index (χ0n) is 20.6. The maximum Gasteiger partial charge on any atom is 0.269 e. The SMILES string of the molecule is CCOc1cc(C(=O)NNC(=O)C2CCCN(C(=O)C(C)(C)C)C2)cc(OCC)c1OCC. The van der Waals surface area contributed by atoms with E-state index in [1.807, 2.05) is 41.5 Å². The van der Waals surface area contributed by atoms with Crippen molar-refractivity contribution in [2.75, 3.05) is 32.9 Å². The second-order valence-corrected chi connectivity index (χ2v) is 8.88. The fraction of sp³-hybridized carbons (Fsp3) is 0.625. The molecular formula is C24H37N3O6. The van der Waals surface area contributed by atoms with Crippen LogP contribution in [0.5, 0.6) is 17.2 Å². The zero-order chi connectivity index (χ0) is 24.6. The van der Waals surface area contributed by atoms with E-state index in [0.29, 0.717) is 56.6 Å². The Morgan fingerprint density at radius 1 is 0.970 bits per heavy atom. The molecule has 0 aliphatic carbocycles. The van der Waals surface area contributed by atoms with Crippen LogP contribution in [0.15, 0.2) is 12.1 Å². The molecule has 1 aromatic carbocycles. The van der Waals surface area contributed by atoms with Gasteiger partial charge in [-0.25, -0.2) is 0 Å². The van der Waals surface area contributed by atoms with Gasteiger partial charge < -0.3 is 19.1 Å². The van der Waals surface area contributed by atoms with Crippen LogP contribution in [0.25, 0.3) is 0 Å². The minimum atomic E-state index is -0.508. The first-order valence-corrected chi connectivity index (χ1v) is 11.6. The van der Waals surface area contributed by atoms with Gasteiger partial charge in [-0.1, -0.05) is 20.8 Å². The van der Waals surface area contributed by atoms with Crippen LogP contribution in [0.2, 0.25) is 0 Å². The Kier molecular flexibility index (Phi) is 9.37. The monoisotopic (exact) mass is 463 g/mol. The molecule has 1 aromatic rings. The molecular weight excluding hydrogens is 426 g/mol. The summed E-state index contributed by atoms with van der Waals surface area (Å²) in [5.74, 6) is 0.0276. The van der Waals surface area contributed by atoms with Gasteiger partial charge in [0.15, 0.2) is 11.5 Å².